The number of hydrogen-bond acceptors (Lipinski definition) is 4. The van der Waals surface area contributed by atoms with Crippen molar-refractivity contribution in [3.63, 3.8) is 0 Å². The smallest absolute Gasteiger partial charge is 0.319 e. The fourth-order valence-electron chi connectivity index (χ4n) is 1.59. The van der Waals surface area contributed by atoms with Crippen molar-refractivity contribution >= 4 is 0 Å². The van der Waals surface area contributed by atoms with Crippen LogP contribution in [0.4, 0.5) is 8.78 Å². The van der Waals surface area contributed by atoms with Crippen molar-refractivity contribution in [2.75, 3.05) is 6.54 Å². The highest BCUT2D eigenvalue weighted by molar-refractivity contribution is 4.92. The van der Waals surface area contributed by atoms with Gasteiger partial charge in [-0.2, -0.15) is 8.78 Å². The molecule has 0 atom stereocenters. The van der Waals surface area contributed by atoms with E-state index >= 15 is 0 Å². The molecule has 2 rings (SSSR count). The molecule has 18 heavy (non-hydrogen) atoms. The van der Waals surface area contributed by atoms with Gasteiger partial charge in [0.05, 0.1) is 6.54 Å². The van der Waals surface area contributed by atoms with Gasteiger partial charge < -0.3 is 9.88 Å². The molecule has 2 aromatic heterocycles. The minimum atomic E-state index is -2.55. The van der Waals surface area contributed by atoms with Crippen LogP contribution in [0.25, 0.3) is 0 Å². The van der Waals surface area contributed by atoms with Crippen molar-refractivity contribution in [2.45, 2.75) is 19.5 Å². The Balaban J connectivity index is 1.79. The van der Waals surface area contributed by atoms with E-state index in [1.165, 1.54) is 12.4 Å². The minimum Gasteiger partial charge on any atom is -0.321 e. The van der Waals surface area contributed by atoms with E-state index in [1.807, 2.05) is 11.6 Å². The zero-order chi connectivity index (χ0) is 13.0. The lowest BCUT2D eigenvalue weighted by Crippen LogP contribution is -2.20. The van der Waals surface area contributed by atoms with Gasteiger partial charge in [-0.15, -0.1) is 10.2 Å². The summed E-state index contributed by atoms with van der Waals surface area (Å²) in [5.74, 6) is 1.17. The SMILES string of the molecule is Cn1cnnc1CCNCc1nccn1C(F)F. The maximum Gasteiger partial charge on any atom is 0.319 e. The number of aryl methyl sites for hydroxylation is 1. The first-order chi connectivity index (χ1) is 8.68. The molecule has 0 aliphatic heterocycles. The third-order valence-corrected chi connectivity index (χ3v) is 2.57. The summed E-state index contributed by atoms with van der Waals surface area (Å²) >= 11 is 0. The highest BCUT2D eigenvalue weighted by atomic mass is 19.3. The molecule has 0 aliphatic carbocycles. The van der Waals surface area contributed by atoms with Gasteiger partial charge in [-0.25, -0.2) is 4.98 Å². The van der Waals surface area contributed by atoms with E-state index in [2.05, 4.69) is 20.5 Å². The normalized spacial score (nSPS) is 11.3. The molecule has 2 heterocycles. The van der Waals surface area contributed by atoms with Crippen molar-refractivity contribution in [3.05, 3.63) is 30.4 Å². The molecule has 0 unspecified atom stereocenters. The Bertz CT molecular complexity index is 492. The molecule has 0 aliphatic rings. The van der Waals surface area contributed by atoms with Gasteiger partial charge in [0, 0.05) is 32.4 Å². The van der Waals surface area contributed by atoms with Gasteiger partial charge in [0.2, 0.25) is 0 Å². The molecule has 0 spiro atoms. The van der Waals surface area contributed by atoms with Crippen LogP contribution in [0.1, 0.15) is 18.2 Å². The second-order valence-electron chi connectivity index (χ2n) is 3.81. The molecule has 0 aromatic carbocycles. The number of halogens is 2. The quantitative estimate of drug-likeness (QED) is 0.774. The summed E-state index contributed by atoms with van der Waals surface area (Å²) in [6.07, 6.45) is 4.95. The van der Waals surface area contributed by atoms with Gasteiger partial charge in [-0.3, -0.25) is 4.57 Å². The van der Waals surface area contributed by atoms with Gasteiger partial charge in [-0.1, -0.05) is 0 Å². The van der Waals surface area contributed by atoms with Gasteiger partial charge in [0.1, 0.15) is 18.0 Å². The van der Waals surface area contributed by atoms with Crippen LogP contribution in [0, 0.1) is 0 Å². The van der Waals surface area contributed by atoms with Crippen molar-refractivity contribution in [1.82, 2.24) is 29.6 Å². The molecule has 0 saturated heterocycles. The molecule has 98 valence electrons. The molecule has 0 saturated carbocycles. The predicted octanol–water partition coefficient (Wildman–Crippen LogP) is 0.739. The zero-order valence-corrected chi connectivity index (χ0v) is 9.92. The summed E-state index contributed by atoms with van der Waals surface area (Å²) < 4.78 is 27.7. The molecule has 0 radical (unpaired) electrons. The highest BCUT2D eigenvalue weighted by Crippen LogP contribution is 2.11. The molecular formula is C10H14F2N6. The molecule has 0 bridgehead atoms. The van der Waals surface area contributed by atoms with E-state index < -0.39 is 6.55 Å². The van der Waals surface area contributed by atoms with Crippen LogP contribution in [-0.4, -0.2) is 30.9 Å². The van der Waals surface area contributed by atoms with Crippen molar-refractivity contribution in [2.24, 2.45) is 7.05 Å². The van der Waals surface area contributed by atoms with E-state index in [4.69, 9.17) is 0 Å². The van der Waals surface area contributed by atoms with Crippen LogP contribution in [0.5, 0.6) is 0 Å². The fraction of sp³-hybridized carbons (Fsp3) is 0.500. The average molecular weight is 256 g/mol. The van der Waals surface area contributed by atoms with E-state index in [9.17, 15) is 8.78 Å². The Labute approximate surface area is 103 Å². The first kappa shape index (κ1) is 12.6. The Morgan fingerprint density at radius 2 is 2.22 bits per heavy atom. The number of nitrogens with zero attached hydrogens (tertiary/aromatic N) is 5. The van der Waals surface area contributed by atoms with E-state index in [0.717, 1.165) is 10.4 Å². The Morgan fingerprint density at radius 1 is 1.39 bits per heavy atom. The second kappa shape index (κ2) is 5.67. The summed E-state index contributed by atoms with van der Waals surface area (Å²) in [6.45, 7) is -1.62. The maximum absolute atomic E-state index is 12.5. The largest absolute Gasteiger partial charge is 0.321 e. The molecule has 0 amide bonds. The van der Waals surface area contributed by atoms with Crippen LogP contribution >= 0.6 is 0 Å². The van der Waals surface area contributed by atoms with Crippen LogP contribution < -0.4 is 5.32 Å². The molecule has 1 N–H and O–H groups in total. The summed E-state index contributed by atoms with van der Waals surface area (Å²) in [4.78, 5) is 3.88. The second-order valence-corrected chi connectivity index (χ2v) is 3.81. The minimum absolute atomic E-state index is 0.301. The summed E-state index contributed by atoms with van der Waals surface area (Å²) in [5, 5.41) is 10.7. The first-order valence-electron chi connectivity index (χ1n) is 5.52. The fourth-order valence-corrected chi connectivity index (χ4v) is 1.59. The standard InChI is InChI=1S/C10H14F2N6/c1-17-7-15-16-8(17)2-3-13-6-9-14-4-5-18(9)10(11)12/h4-5,7,10,13H,2-3,6H2,1H3. The molecule has 6 nitrogen and oxygen atoms in total. The molecule has 8 heteroatoms. The van der Waals surface area contributed by atoms with Gasteiger partial charge in [0.25, 0.3) is 0 Å². The number of nitrogens with one attached hydrogen (secondary N) is 1. The lowest BCUT2D eigenvalue weighted by atomic mass is 10.4. The van der Waals surface area contributed by atoms with E-state index in [-0.39, 0.29) is 0 Å². The van der Waals surface area contributed by atoms with Crippen LogP contribution in [0.15, 0.2) is 18.7 Å². The topological polar surface area (TPSA) is 60.6 Å². The summed E-state index contributed by atoms with van der Waals surface area (Å²) in [6, 6.07) is 0. The summed E-state index contributed by atoms with van der Waals surface area (Å²) in [7, 11) is 1.86. The lowest BCUT2D eigenvalue weighted by molar-refractivity contribution is 0.0666. The molecular weight excluding hydrogens is 242 g/mol. The van der Waals surface area contributed by atoms with Crippen molar-refractivity contribution in [1.29, 1.82) is 0 Å². The lowest BCUT2D eigenvalue weighted by Gasteiger charge is -2.07. The van der Waals surface area contributed by atoms with Crippen LogP contribution in [-0.2, 0) is 20.0 Å². The van der Waals surface area contributed by atoms with Crippen LogP contribution in [0.3, 0.4) is 0 Å². The monoisotopic (exact) mass is 256 g/mol. The van der Waals surface area contributed by atoms with E-state index in [1.54, 1.807) is 6.33 Å². The van der Waals surface area contributed by atoms with E-state index in [0.29, 0.717) is 25.3 Å². The Kier molecular flexibility index (Phi) is 3.98. The molecule has 0 fully saturated rings. The Hall–Kier alpha value is -1.83. The third kappa shape index (κ3) is 2.89. The number of rotatable bonds is 6. The number of imidazole rings is 1. The Morgan fingerprint density at radius 3 is 2.89 bits per heavy atom. The van der Waals surface area contributed by atoms with Crippen molar-refractivity contribution in [3.8, 4) is 0 Å². The maximum atomic E-state index is 12.5. The zero-order valence-electron chi connectivity index (χ0n) is 9.92. The predicted molar refractivity (Wildman–Crippen MR) is 59.9 cm³/mol. The average Bonchev–Trinajstić information content (AvgIpc) is 2.94. The number of alkyl halides is 2. The number of hydrogen-bond donors (Lipinski definition) is 1. The summed E-state index contributed by atoms with van der Waals surface area (Å²) in [5.41, 5.74) is 0. The number of aromatic nitrogens is 5. The van der Waals surface area contributed by atoms with Crippen LogP contribution in [0.2, 0.25) is 0 Å². The molecule has 2 aromatic rings. The third-order valence-electron chi connectivity index (χ3n) is 2.57. The first-order valence-corrected chi connectivity index (χ1v) is 5.52. The van der Waals surface area contributed by atoms with Gasteiger partial charge >= 0.3 is 6.55 Å². The van der Waals surface area contributed by atoms with Crippen molar-refractivity contribution < 1.29 is 8.78 Å². The highest BCUT2D eigenvalue weighted by Gasteiger charge is 2.10. The van der Waals surface area contributed by atoms with Gasteiger partial charge in [0.15, 0.2) is 0 Å². The van der Waals surface area contributed by atoms with Gasteiger partial charge in [-0.05, 0) is 0 Å².